The molecule has 31 heavy (non-hydrogen) atoms. The number of H-pyrrole nitrogens is 1. The number of nitrogens with one attached hydrogen (secondary N) is 2. The summed E-state index contributed by atoms with van der Waals surface area (Å²) >= 11 is 1.53. The van der Waals surface area contributed by atoms with Crippen LogP contribution in [-0.2, 0) is 0 Å². The van der Waals surface area contributed by atoms with Crippen LogP contribution in [0.1, 0.15) is 21.9 Å². The van der Waals surface area contributed by atoms with Gasteiger partial charge in [-0.2, -0.15) is 9.78 Å². The Hall–Kier alpha value is -4.05. The fraction of sp³-hybridized carbons (Fsp3) is 0.0952. The van der Waals surface area contributed by atoms with Gasteiger partial charge < -0.3 is 5.32 Å². The molecule has 5 heterocycles. The van der Waals surface area contributed by atoms with E-state index in [2.05, 4.69) is 25.4 Å². The normalized spacial score (nSPS) is 11.2. The number of aryl methyl sites for hydroxylation is 2. The minimum atomic E-state index is -0.343. The van der Waals surface area contributed by atoms with Gasteiger partial charge in [-0.25, -0.2) is 9.97 Å². The first-order chi connectivity index (χ1) is 15.0. The number of fused-ring (bicyclic) bond motifs is 1. The monoisotopic (exact) mass is 431 g/mol. The Morgan fingerprint density at radius 1 is 1.13 bits per heavy atom. The summed E-state index contributed by atoms with van der Waals surface area (Å²) in [4.78, 5) is 37.6. The predicted molar refractivity (Wildman–Crippen MR) is 118 cm³/mol. The van der Waals surface area contributed by atoms with Gasteiger partial charge in [0.05, 0.1) is 10.6 Å². The summed E-state index contributed by atoms with van der Waals surface area (Å²) in [6, 6.07) is 12.6. The second-order valence-electron chi connectivity index (χ2n) is 6.94. The molecule has 0 atom stereocenters. The summed E-state index contributed by atoms with van der Waals surface area (Å²) in [6.07, 6.45) is 1.79. The molecule has 0 spiro atoms. The molecule has 0 aliphatic carbocycles. The van der Waals surface area contributed by atoms with Gasteiger partial charge in [0.25, 0.3) is 11.5 Å². The maximum absolute atomic E-state index is 13.2. The number of nitrogens with zero attached hydrogens (tertiary/aromatic N) is 5. The third-order valence-electron chi connectivity index (χ3n) is 4.70. The molecule has 5 aromatic rings. The fourth-order valence-corrected chi connectivity index (χ4v) is 4.08. The number of carbonyl (C=O) groups is 1. The Balaban J connectivity index is 1.61. The molecular formula is C21H17N7O2S. The summed E-state index contributed by atoms with van der Waals surface area (Å²) in [6.45, 7) is 3.51. The first-order valence-corrected chi connectivity index (χ1v) is 10.3. The van der Waals surface area contributed by atoms with Gasteiger partial charge in [0.2, 0.25) is 5.95 Å². The van der Waals surface area contributed by atoms with Gasteiger partial charge in [-0.05, 0) is 37.4 Å². The molecule has 10 heteroatoms. The maximum Gasteiger partial charge on any atom is 0.275 e. The number of thiophene rings is 1. The molecule has 0 aliphatic heterocycles. The van der Waals surface area contributed by atoms with Crippen LogP contribution in [0.3, 0.4) is 0 Å². The first kappa shape index (κ1) is 18.9. The third-order valence-corrected chi connectivity index (χ3v) is 5.59. The minimum absolute atomic E-state index is 0.220. The largest absolute Gasteiger partial charge is 0.305 e. The highest BCUT2D eigenvalue weighted by Crippen LogP contribution is 2.27. The zero-order valence-corrected chi connectivity index (χ0v) is 17.5. The molecule has 5 aromatic heterocycles. The number of hydrogen-bond donors (Lipinski definition) is 2. The second kappa shape index (κ2) is 7.33. The van der Waals surface area contributed by atoms with Crippen LogP contribution in [0.25, 0.3) is 22.2 Å². The Kier molecular flexibility index (Phi) is 4.48. The van der Waals surface area contributed by atoms with Crippen molar-refractivity contribution in [2.45, 2.75) is 13.8 Å². The SMILES string of the molecule is Cc1cc(=O)[nH]c(-n2nc(-c3cccs3)cc2NC(=O)c2c(C)nc3ccccn23)n1. The minimum Gasteiger partial charge on any atom is -0.305 e. The predicted octanol–water partition coefficient (Wildman–Crippen LogP) is 3.20. The first-order valence-electron chi connectivity index (χ1n) is 9.47. The van der Waals surface area contributed by atoms with Gasteiger partial charge in [-0.15, -0.1) is 11.3 Å². The van der Waals surface area contributed by atoms with E-state index in [4.69, 9.17) is 0 Å². The highest BCUT2D eigenvalue weighted by molar-refractivity contribution is 7.13. The number of amides is 1. The zero-order chi connectivity index (χ0) is 21.5. The molecule has 0 radical (unpaired) electrons. The van der Waals surface area contributed by atoms with E-state index in [-0.39, 0.29) is 17.4 Å². The van der Waals surface area contributed by atoms with Crippen molar-refractivity contribution in [2.75, 3.05) is 5.32 Å². The zero-order valence-electron chi connectivity index (χ0n) is 16.7. The van der Waals surface area contributed by atoms with Gasteiger partial charge in [-0.3, -0.25) is 19.0 Å². The van der Waals surface area contributed by atoms with Crippen molar-refractivity contribution < 1.29 is 4.79 Å². The molecule has 0 saturated heterocycles. The molecule has 9 nitrogen and oxygen atoms in total. The quantitative estimate of drug-likeness (QED) is 0.454. The van der Waals surface area contributed by atoms with Crippen LogP contribution < -0.4 is 10.9 Å². The van der Waals surface area contributed by atoms with Crippen molar-refractivity contribution in [3.05, 3.63) is 81.5 Å². The number of aromatic nitrogens is 6. The summed E-state index contributed by atoms with van der Waals surface area (Å²) in [7, 11) is 0. The van der Waals surface area contributed by atoms with Crippen molar-refractivity contribution >= 4 is 28.7 Å². The molecule has 1 amide bonds. The van der Waals surface area contributed by atoms with Gasteiger partial charge in [0, 0.05) is 24.0 Å². The van der Waals surface area contributed by atoms with E-state index in [1.165, 1.54) is 22.1 Å². The lowest BCUT2D eigenvalue weighted by Crippen LogP contribution is -2.20. The van der Waals surface area contributed by atoms with Crippen molar-refractivity contribution in [3.63, 3.8) is 0 Å². The van der Waals surface area contributed by atoms with Crippen LogP contribution in [0.5, 0.6) is 0 Å². The van der Waals surface area contributed by atoms with Crippen molar-refractivity contribution in [2.24, 2.45) is 0 Å². The van der Waals surface area contributed by atoms with E-state index in [1.54, 1.807) is 30.5 Å². The lowest BCUT2D eigenvalue weighted by atomic mass is 10.3. The molecule has 0 aromatic carbocycles. The van der Waals surface area contributed by atoms with E-state index < -0.39 is 0 Å². The highest BCUT2D eigenvalue weighted by Gasteiger charge is 2.21. The topological polar surface area (TPSA) is 110 Å². The van der Waals surface area contributed by atoms with Gasteiger partial charge in [-0.1, -0.05) is 12.1 Å². The molecule has 5 rings (SSSR count). The Morgan fingerprint density at radius 3 is 2.77 bits per heavy atom. The molecule has 0 saturated carbocycles. The average molecular weight is 431 g/mol. The molecular weight excluding hydrogens is 414 g/mol. The van der Waals surface area contributed by atoms with E-state index >= 15 is 0 Å². The van der Waals surface area contributed by atoms with Crippen LogP contribution in [0.15, 0.2) is 58.8 Å². The lowest BCUT2D eigenvalue weighted by Gasteiger charge is -2.09. The number of aromatic amines is 1. The molecule has 154 valence electrons. The molecule has 0 aliphatic rings. The van der Waals surface area contributed by atoms with E-state index in [0.29, 0.717) is 34.2 Å². The Labute approximate surface area is 180 Å². The maximum atomic E-state index is 13.2. The third kappa shape index (κ3) is 3.42. The van der Waals surface area contributed by atoms with Crippen LogP contribution in [0, 0.1) is 13.8 Å². The van der Waals surface area contributed by atoms with E-state index in [9.17, 15) is 9.59 Å². The Morgan fingerprint density at radius 2 is 2.00 bits per heavy atom. The Bertz CT molecular complexity index is 1480. The summed E-state index contributed by atoms with van der Waals surface area (Å²) in [5.74, 6) is 0.260. The number of rotatable bonds is 4. The smallest absolute Gasteiger partial charge is 0.275 e. The number of imidazole rings is 1. The van der Waals surface area contributed by atoms with Crippen molar-refractivity contribution in [3.8, 4) is 16.5 Å². The van der Waals surface area contributed by atoms with Crippen LogP contribution in [0.4, 0.5) is 5.82 Å². The second-order valence-corrected chi connectivity index (χ2v) is 7.89. The van der Waals surface area contributed by atoms with Gasteiger partial charge >= 0.3 is 0 Å². The van der Waals surface area contributed by atoms with Crippen molar-refractivity contribution in [1.29, 1.82) is 0 Å². The van der Waals surface area contributed by atoms with Crippen molar-refractivity contribution in [1.82, 2.24) is 29.1 Å². The van der Waals surface area contributed by atoms with Gasteiger partial charge in [0.1, 0.15) is 22.9 Å². The highest BCUT2D eigenvalue weighted by atomic mass is 32.1. The van der Waals surface area contributed by atoms with Crippen LogP contribution >= 0.6 is 11.3 Å². The number of pyridine rings is 1. The summed E-state index contributed by atoms with van der Waals surface area (Å²) < 4.78 is 3.16. The van der Waals surface area contributed by atoms with Crippen LogP contribution in [0.2, 0.25) is 0 Å². The fourth-order valence-electron chi connectivity index (χ4n) is 3.40. The average Bonchev–Trinajstić information content (AvgIpc) is 3.44. The van der Waals surface area contributed by atoms with E-state index in [0.717, 1.165) is 4.88 Å². The number of anilines is 1. The summed E-state index contributed by atoms with van der Waals surface area (Å²) in [5, 5.41) is 9.44. The van der Waals surface area contributed by atoms with Crippen LogP contribution in [-0.4, -0.2) is 35.0 Å². The standard InChI is InChI=1S/C21H17N7O2S/c1-12-10-18(29)25-21(22-12)28-17(11-14(26-28)15-6-5-9-31-15)24-20(30)19-13(2)23-16-7-3-4-8-27(16)19/h3-11H,1-2H3,(H,24,30)(H,22,25,29). The molecule has 0 unspecified atom stereocenters. The molecule has 0 fully saturated rings. The number of hydrogen-bond acceptors (Lipinski definition) is 6. The van der Waals surface area contributed by atoms with E-state index in [1.807, 2.05) is 35.7 Å². The molecule has 0 bridgehead atoms. The number of carbonyl (C=O) groups excluding carboxylic acids is 1. The molecule has 2 N–H and O–H groups in total. The summed E-state index contributed by atoms with van der Waals surface area (Å²) in [5.41, 5.74) is 2.61. The van der Waals surface area contributed by atoms with Gasteiger partial charge in [0.15, 0.2) is 0 Å². The lowest BCUT2D eigenvalue weighted by molar-refractivity contribution is 0.102.